The molecule has 0 aliphatic carbocycles. The van der Waals surface area contributed by atoms with E-state index in [1.807, 2.05) is 22.8 Å². The average molecular weight is 204 g/mol. The third-order valence-electron chi connectivity index (χ3n) is 2.21. The summed E-state index contributed by atoms with van der Waals surface area (Å²) in [6, 6.07) is 5.73. The quantitative estimate of drug-likeness (QED) is 0.800. The Morgan fingerprint density at radius 1 is 1.33 bits per heavy atom. The van der Waals surface area contributed by atoms with E-state index in [2.05, 4.69) is 10.2 Å². The zero-order valence-corrected chi connectivity index (χ0v) is 8.42. The molecule has 0 bridgehead atoms. The summed E-state index contributed by atoms with van der Waals surface area (Å²) < 4.78 is 6.97. The maximum absolute atomic E-state index is 5.65. The molecule has 5 heteroatoms. The van der Waals surface area contributed by atoms with Gasteiger partial charge < -0.3 is 10.5 Å². The number of ether oxygens (including phenoxy) is 1. The first-order valence-corrected chi connectivity index (χ1v) is 4.57. The maximum atomic E-state index is 5.65. The van der Waals surface area contributed by atoms with Gasteiger partial charge in [0.1, 0.15) is 18.4 Å². The first kappa shape index (κ1) is 9.67. The van der Waals surface area contributed by atoms with Gasteiger partial charge in [-0.05, 0) is 11.6 Å². The predicted octanol–water partition coefficient (Wildman–Crippen LogP) is 0.735. The van der Waals surface area contributed by atoms with Gasteiger partial charge in [0.25, 0.3) is 0 Å². The van der Waals surface area contributed by atoms with Gasteiger partial charge in [0, 0.05) is 12.6 Å². The Morgan fingerprint density at radius 3 is 2.67 bits per heavy atom. The van der Waals surface area contributed by atoms with Gasteiger partial charge in [0.15, 0.2) is 0 Å². The molecule has 0 aliphatic rings. The standard InChI is InChI=1S/C10H12N4O/c1-15-9-3-2-8(5-11)10(4-9)14-6-12-13-7-14/h2-4,6-7H,5,11H2,1H3. The van der Waals surface area contributed by atoms with Crippen LogP contribution in [0.25, 0.3) is 5.69 Å². The Labute approximate surface area is 87.5 Å². The fourth-order valence-corrected chi connectivity index (χ4v) is 1.41. The molecule has 2 N–H and O–H groups in total. The van der Waals surface area contributed by atoms with E-state index in [1.165, 1.54) is 0 Å². The Hall–Kier alpha value is -1.88. The normalized spacial score (nSPS) is 10.3. The van der Waals surface area contributed by atoms with Crippen LogP contribution in [0.1, 0.15) is 5.56 Å². The topological polar surface area (TPSA) is 66.0 Å². The number of aromatic nitrogens is 3. The van der Waals surface area contributed by atoms with Gasteiger partial charge in [-0.1, -0.05) is 6.07 Å². The highest BCUT2D eigenvalue weighted by atomic mass is 16.5. The molecule has 2 rings (SSSR count). The molecule has 0 spiro atoms. The van der Waals surface area contributed by atoms with Crippen LogP contribution < -0.4 is 10.5 Å². The van der Waals surface area contributed by atoms with Gasteiger partial charge in [-0.2, -0.15) is 0 Å². The molecule has 0 amide bonds. The molecule has 0 atom stereocenters. The number of methoxy groups -OCH3 is 1. The number of hydrogen-bond acceptors (Lipinski definition) is 4. The summed E-state index contributed by atoms with van der Waals surface area (Å²) in [6.45, 7) is 0.470. The fourth-order valence-electron chi connectivity index (χ4n) is 1.41. The molecular weight excluding hydrogens is 192 g/mol. The van der Waals surface area contributed by atoms with E-state index in [0.29, 0.717) is 6.54 Å². The van der Waals surface area contributed by atoms with Crippen LogP contribution >= 0.6 is 0 Å². The van der Waals surface area contributed by atoms with Crippen molar-refractivity contribution in [1.29, 1.82) is 0 Å². The summed E-state index contributed by atoms with van der Waals surface area (Å²) in [4.78, 5) is 0. The second-order valence-electron chi connectivity index (χ2n) is 3.07. The van der Waals surface area contributed by atoms with Crippen molar-refractivity contribution in [2.45, 2.75) is 6.54 Å². The lowest BCUT2D eigenvalue weighted by Gasteiger charge is -2.09. The summed E-state index contributed by atoms with van der Waals surface area (Å²) in [7, 11) is 1.63. The number of nitrogens with two attached hydrogens (primary N) is 1. The molecule has 1 aromatic carbocycles. The van der Waals surface area contributed by atoms with E-state index in [1.54, 1.807) is 19.8 Å². The molecule has 5 nitrogen and oxygen atoms in total. The fraction of sp³-hybridized carbons (Fsp3) is 0.200. The summed E-state index contributed by atoms with van der Waals surface area (Å²) in [5.74, 6) is 0.788. The van der Waals surface area contributed by atoms with Crippen molar-refractivity contribution in [1.82, 2.24) is 14.8 Å². The van der Waals surface area contributed by atoms with Crippen LogP contribution in [-0.2, 0) is 6.54 Å². The van der Waals surface area contributed by atoms with Gasteiger partial charge in [-0.3, -0.25) is 4.57 Å². The van der Waals surface area contributed by atoms with Gasteiger partial charge in [-0.25, -0.2) is 0 Å². The van der Waals surface area contributed by atoms with Gasteiger partial charge in [0.05, 0.1) is 12.8 Å². The highest BCUT2D eigenvalue weighted by molar-refractivity contribution is 5.46. The number of benzene rings is 1. The maximum Gasteiger partial charge on any atom is 0.123 e. The van der Waals surface area contributed by atoms with Crippen molar-refractivity contribution >= 4 is 0 Å². The second kappa shape index (κ2) is 4.10. The summed E-state index contributed by atoms with van der Waals surface area (Å²) in [5, 5.41) is 7.52. The largest absolute Gasteiger partial charge is 0.497 e. The van der Waals surface area contributed by atoms with Crippen molar-refractivity contribution < 1.29 is 4.74 Å². The Kier molecular flexibility index (Phi) is 2.64. The lowest BCUT2D eigenvalue weighted by molar-refractivity contribution is 0.414. The van der Waals surface area contributed by atoms with E-state index in [9.17, 15) is 0 Å². The minimum Gasteiger partial charge on any atom is -0.497 e. The van der Waals surface area contributed by atoms with Crippen molar-refractivity contribution in [2.24, 2.45) is 5.73 Å². The Bertz CT molecular complexity index is 439. The molecule has 1 aromatic heterocycles. The summed E-state index contributed by atoms with van der Waals surface area (Å²) in [5.41, 5.74) is 7.62. The van der Waals surface area contributed by atoms with E-state index in [0.717, 1.165) is 17.0 Å². The monoisotopic (exact) mass is 204 g/mol. The molecule has 0 radical (unpaired) electrons. The molecule has 15 heavy (non-hydrogen) atoms. The molecular formula is C10H12N4O. The predicted molar refractivity (Wildman–Crippen MR) is 55.8 cm³/mol. The third kappa shape index (κ3) is 1.82. The molecule has 1 heterocycles. The summed E-state index contributed by atoms with van der Waals surface area (Å²) >= 11 is 0. The zero-order chi connectivity index (χ0) is 10.7. The van der Waals surface area contributed by atoms with Crippen LogP contribution in [0, 0.1) is 0 Å². The third-order valence-corrected chi connectivity index (χ3v) is 2.21. The van der Waals surface area contributed by atoms with E-state index >= 15 is 0 Å². The van der Waals surface area contributed by atoms with E-state index in [-0.39, 0.29) is 0 Å². The molecule has 0 saturated carbocycles. The van der Waals surface area contributed by atoms with E-state index in [4.69, 9.17) is 10.5 Å². The second-order valence-corrected chi connectivity index (χ2v) is 3.07. The van der Waals surface area contributed by atoms with Crippen molar-refractivity contribution in [3.63, 3.8) is 0 Å². The van der Waals surface area contributed by atoms with Gasteiger partial charge in [0.2, 0.25) is 0 Å². The highest BCUT2D eigenvalue weighted by Crippen LogP contribution is 2.20. The Morgan fingerprint density at radius 2 is 2.07 bits per heavy atom. The van der Waals surface area contributed by atoms with Crippen LogP contribution in [0.15, 0.2) is 30.9 Å². The number of hydrogen-bond donors (Lipinski definition) is 1. The first-order chi connectivity index (χ1) is 7.35. The SMILES string of the molecule is COc1ccc(CN)c(-n2cnnc2)c1. The van der Waals surface area contributed by atoms with Crippen molar-refractivity contribution in [2.75, 3.05) is 7.11 Å². The molecule has 0 fully saturated rings. The van der Waals surface area contributed by atoms with Crippen LogP contribution in [-0.4, -0.2) is 21.9 Å². The highest BCUT2D eigenvalue weighted by Gasteiger charge is 2.04. The zero-order valence-electron chi connectivity index (χ0n) is 8.42. The molecule has 78 valence electrons. The van der Waals surface area contributed by atoms with Gasteiger partial charge >= 0.3 is 0 Å². The molecule has 0 saturated heterocycles. The Balaban J connectivity index is 2.52. The van der Waals surface area contributed by atoms with Crippen molar-refractivity contribution in [3.05, 3.63) is 36.4 Å². The minimum absolute atomic E-state index is 0.470. The van der Waals surface area contributed by atoms with E-state index < -0.39 is 0 Å². The summed E-state index contributed by atoms with van der Waals surface area (Å²) in [6.07, 6.45) is 3.27. The lowest BCUT2D eigenvalue weighted by atomic mass is 10.1. The van der Waals surface area contributed by atoms with Crippen molar-refractivity contribution in [3.8, 4) is 11.4 Å². The molecule has 0 aliphatic heterocycles. The van der Waals surface area contributed by atoms with Crippen LogP contribution in [0.2, 0.25) is 0 Å². The van der Waals surface area contributed by atoms with Gasteiger partial charge in [-0.15, -0.1) is 10.2 Å². The van der Waals surface area contributed by atoms with Crippen LogP contribution in [0.3, 0.4) is 0 Å². The number of nitrogens with zero attached hydrogens (tertiary/aromatic N) is 3. The minimum atomic E-state index is 0.470. The molecule has 2 aromatic rings. The first-order valence-electron chi connectivity index (χ1n) is 4.57. The van der Waals surface area contributed by atoms with Crippen LogP contribution in [0.4, 0.5) is 0 Å². The molecule has 0 unspecified atom stereocenters. The average Bonchev–Trinajstić information content (AvgIpc) is 2.81. The lowest BCUT2D eigenvalue weighted by Crippen LogP contribution is -2.03. The smallest absolute Gasteiger partial charge is 0.123 e. The number of rotatable bonds is 3. The van der Waals surface area contributed by atoms with Crippen LogP contribution in [0.5, 0.6) is 5.75 Å².